The van der Waals surface area contributed by atoms with Gasteiger partial charge in [0.05, 0.1) is 0 Å². The standard InChI is InChI=1S/C17H25N3OS/c1-20(2)16(21)13-9-11-15(12-10-13)19-17(22)18-14-7-5-3-4-6-8-14/h9-12,14H,3-8H2,1-2H3,(H2,18,19,22). The molecule has 0 aliphatic heterocycles. The zero-order valence-electron chi connectivity index (χ0n) is 13.4. The number of carbonyl (C=O) groups excluding carboxylic acids is 1. The van der Waals surface area contributed by atoms with E-state index in [0.717, 1.165) is 5.69 Å². The number of anilines is 1. The summed E-state index contributed by atoms with van der Waals surface area (Å²) in [6, 6.07) is 7.89. The Morgan fingerprint density at radius 3 is 2.23 bits per heavy atom. The van der Waals surface area contributed by atoms with Crippen LogP contribution in [0.3, 0.4) is 0 Å². The van der Waals surface area contributed by atoms with Crippen LogP contribution in [0.4, 0.5) is 5.69 Å². The molecule has 1 aromatic carbocycles. The third-order valence-electron chi connectivity index (χ3n) is 3.99. The normalized spacial score (nSPS) is 15.7. The Bertz CT molecular complexity index is 505. The molecule has 1 aromatic rings. The number of nitrogens with one attached hydrogen (secondary N) is 2. The molecule has 1 saturated carbocycles. The van der Waals surface area contributed by atoms with Crippen molar-refractivity contribution in [2.75, 3.05) is 19.4 Å². The maximum Gasteiger partial charge on any atom is 0.253 e. The number of hydrogen-bond acceptors (Lipinski definition) is 2. The minimum absolute atomic E-state index is 0.00528. The lowest BCUT2D eigenvalue weighted by Gasteiger charge is -2.19. The molecule has 1 aliphatic rings. The molecule has 0 atom stereocenters. The molecule has 0 bridgehead atoms. The number of rotatable bonds is 3. The third kappa shape index (κ3) is 4.98. The molecule has 2 rings (SSSR count). The largest absolute Gasteiger partial charge is 0.360 e. The molecule has 5 heteroatoms. The van der Waals surface area contributed by atoms with Gasteiger partial charge in [0, 0.05) is 31.4 Å². The number of nitrogens with zero attached hydrogens (tertiary/aromatic N) is 1. The molecule has 22 heavy (non-hydrogen) atoms. The highest BCUT2D eigenvalue weighted by Crippen LogP contribution is 2.17. The van der Waals surface area contributed by atoms with Gasteiger partial charge in [-0.15, -0.1) is 0 Å². The van der Waals surface area contributed by atoms with Crippen LogP contribution in [0.5, 0.6) is 0 Å². The van der Waals surface area contributed by atoms with Crippen molar-refractivity contribution >= 4 is 28.9 Å². The lowest BCUT2D eigenvalue weighted by Crippen LogP contribution is -2.37. The van der Waals surface area contributed by atoms with Gasteiger partial charge in [-0.3, -0.25) is 4.79 Å². The van der Waals surface area contributed by atoms with Crippen LogP contribution in [0.1, 0.15) is 48.9 Å². The zero-order valence-corrected chi connectivity index (χ0v) is 14.2. The van der Waals surface area contributed by atoms with E-state index in [1.807, 2.05) is 24.3 Å². The monoisotopic (exact) mass is 319 g/mol. The minimum Gasteiger partial charge on any atom is -0.360 e. The van der Waals surface area contributed by atoms with Crippen LogP contribution in [0.25, 0.3) is 0 Å². The topological polar surface area (TPSA) is 44.4 Å². The molecule has 0 spiro atoms. The Hall–Kier alpha value is -1.62. The van der Waals surface area contributed by atoms with Crippen LogP contribution in [0, 0.1) is 0 Å². The molecule has 0 heterocycles. The van der Waals surface area contributed by atoms with E-state index in [1.54, 1.807) is 19.0 Å². The second kappa shape index (κ2) is 8.13. The van der Waals surface area contributed by atoms with E-state index in [-0.39, 0.29) is 5.91 Å². The van der Waals surface area contributed by atoms with Gasteiger partial charge in [-0.1, -0.05) is 25.7 Å². The second-order valence-electron chi connectivity index (χ2n) is 6.06. The molecule has 0 aromatic heterocycles. The molecule has 1 amide bonds. The van der Waals surface area contributed by atoms with Crippen LogP contribution in [-0.2, 0) is 0 Å². The average molecular weight is 319 g/mol. The average Bonchev–Trinajstić information content (AvgIpc) is 2.75. The number of amides is 1. The quantitative estimate of drug-likeness (QED) is 0.662. The molecule has 1 fully saturated rings. The first kappa shape index (κ1) is 16.7. The maximum atomic E-state index is 11.8. The molecule has 4 nitrogen and oxygen atoms in total. The molecule has 0 radical (unpaired) electrons. The van der Waals surface area contributed by atoms with Crippen molar-refractivity contribution in [3.63, 3.8) is 0 Å². The van der Waals surface area contributed by atoms with Crippen LogP contribution in [0.2, 0.25) is 0 Å². The van der Waals surface area contributed by atoms with Crippen molar-refractivity contribution in [2.24, 2.45) is 0 Å². The summed E-state index contributed by atoms with van der Waals surface area (Å²) < 4.78 is 0. The summed E-state index contributed by atoms with van der Waals surface area (Å²) >= 11 is 5.39. The molecule has 2 N–H and O–H groups in total. The van der Waals surface area contributed by atoms with Crippen LogP contribution in [0.15, 0.2) is 24.3 Å². The molecule has 120 valence electrons. The van der Waals surface area contributed by atoms with Gasteiger partial charge >= 0.3 is 0 Å². The van der Waals surface area contributed by atoms with Gasteiger partial charge in [0.25, 0.3) is 5.91 Å². The predicted molar refractivity (Wildman–Crippen MR) is 95.3 cm³/mol. The fraction of sp³-hybridized carbons (Fsp3) is 0.529. The maximum absolute atomic E-state index is 11.8. The zero-order chi connectivity index (χ0) is 15.9. The van der Waals surface area contributed by atoms with E-state index in [9.17, 15) is 4.79 Å². The van der Waals surface area contributed by atoms with Crippen molar-refractivity contribution in [1.82, 2.24) is 10.2 Å². The van der Waals surface area contributed by atoms with Gasteiger partial charge in [0.15, 0.2) is 5.11 Å². The number of hydrogen-bond donors (Lipinski definition) is 2. The van der Waals surface area contributed by atoms with E-state index in [2.05, 4.69) is 10.6 Å². The summed E-state index contributed by atoms with van der Waals surface area (Å²) in [5.74, 6) is 0.00528. The van der Waals surface area contributed by atoms with Crippen molar-refractivity contribution in [3.05, 3.63) is 29.8 Å². The van der Waals surface area contributed by atoms with Crippen LogP contribution >= 0.6 is 12.2 Å². The first-order chi connectivity index (χ1) is 10.6. The Morgan fingerprint density at radius 2 is 1.68 bits per heavy atom. The van der Waals surface area contributed by atoms with E-state index in [1.165, 1.54) is 38.5 Å². The summed E-state index contributed by atoms with van der Waals surface area (Å²) in [5, 5.41) is 7.27. The van der Waals surface area contributed by atoms with E-state index in [4.69, 9.17) is 12.2 Å². The Morgan fingerprint density at radius 1 is 1.09 bits per heavy atom. The molecular weight excluding hydrogens is 294 g/mol. The fourth-order valence-electron chi connectivity index (χ4n) is 2.73. The Labute approximate surface area is 138 Å². The highest BCUT2D eigenvalue weighted by molar-refractivity contribution is 7.80. The Kier molecular flexibility index (Phi) is 6.19. The SMILES string of the molecule is CN(C)C(=O)c1ccc(NC(=S)NC2CCCCCC2)cc1. The van der Waals surface area contributed by atoms with Gasteiger partial charge < -0.3 is 15.5 Å². The minimum atomic E-state index is 0.00528. The number of carbonyl (C=O) groups is 1. The lowest BCUT2D eigenvalue weighted by atomic mass is 10.1. The van der Waals surface area contributed by atoms with E-state index >= 15 is 0 Å². The van der Waals surface area contributed by atoms with Crippen LogP contribution < -0.4 is 10.6 Å². The predicted octanol–water partition coefficient (Wildman–Crippen LogP) is 3.40. The molecular formula is C17H25N3OS. The fourth-order valence-corrected chi connectivity index (χ4v) is 3.02. The van der Waals surface area contributed by atoms with E-state index < -0.39 is 0 Å². The van der Waals surface area contributed by atoms with Crippen molar-refractivity contribution < 1.29 is 4.79 Å². The number of benzene rings is 1. The molecule has 1 aliphatic carbocycles. The van der Waals surface area contributed by atoms with Gasteiger partial charge in [-0.2, -0.15) is 0 Å². The molecule has 0 unspecified atom stereocenters. The first-order valence-corrected chi connectivity index (χ1v) is 8.36. The summed E-state index contributed by atoms with van der Waals surface area (Å²) in [6.45, 7) is 0. The van der Waals surface area contributed by atoms with Crippen LogP contribution in [-0.4, -0.2) is 36.1 Å². The van der Waals surface area contributed by atoms with Gasteiger partial charge in [-0.05, 0) is 49.3 Å². The summed E-state index contributed by atoms with van der Waals surface area (Å²) in [7, 11) is 3.50. The molecule has 0 saturated heterocycles. The van der Waals surface area contributed by atoms with Crippen molar-refractivity contribution in [1.29, 1.82) is 0 Å². The highest BCUT2D eigenvalue weighted by Gasteiger charge is 2.13. The smallest absolute Gasteiger partial charge is 0.253 e. The van der Waals surface area contributed by atoms with Gasteiger partial charge in [0.2, 0.25) is 0 Å². The third-order valence-corrected chi connectivity index (χ3v) is 4.21. The summed E-state index contributed by atoms with van der Waals surface area (Å²) in [5.41, 5.74) is 1.58. The van der Waals surface area contributed by atoms with Crippen molar-refractivity contribution in [3.8, 4) is 0 Å². The lowest BCUT2D eigenvalue weighted by molar-refractivity contribution is 0.0827. The summed E-state index contributed by atoms with van der Waals surface area (Å²) in [4.78, 5) is 13.4. The van der Waals surface area contributed by atoms with Gasteiger partial charge in [-0.25, -0.2) is 0 Å². The Balaban J connectivity index is 1.87. The van der Waals surface area contributed by atoms with E-state index in [0.29, 0.717) is 16.7 Å². The summed E-state index contributed by atoms with van der Waals surface area (Å²) in [6.07, 6.45) is 7.61. The second-order valence-corrected chi connectivity index (χ2v) is 6.47. The number of thiocarbonyl (C=S) groups is 1. The highest BCUT2D eigenvalue weighted by atomic mass is 32.1. The van der Waals surface area contributed by atoms with Crippen molar-refractivity contribution in [2.45, 2.75) is 44.6 Å². The van der Waals surface area contributed by atoms with Gasteiger partial charge in [0.1, 0.15) is 0 Å². The first-order valence-electron chi connectivity index (χ1n) is 7.95.